The van der Waals surface area contributed by atoms with Gasteiger partial charge in [0.15, 0.2) is 0 Å². The number of para-hydroxylation sites is 1. The Hall–Kier alpha value is -1.86. The lowest BCUT2D eigenvalue weighted by atomic mass is 9.95. The van der Waals surface area contributed by atoms with Crippen molar-refractivity contribution in [2.45, 2.75) is 32.6 Å². The van der Waals surface area contributed by atoms with Gasteiger partial charge in [0.05, 0.1) is 6.07 Å². The molecule has 1 N–H and O–H groups in total. The van der Waals surface area contributed by atoms with Gasteiger partial charge in [-0.2, -0.15) is 5.26 Å². The van der Waals surface area contributed by atoms with Gasteiger partial charge in [-0.15, -0.1) is 0 Å². The van der Waals surface area contributed by atoms with E-state index in [1.807, 2.05) is 18.2 Å². The Morgan fingerprint density at radius 3 is 2.76 bits per heavy atom. The van der Waals surface area contributed by atoms with Crippen LogP contribution in [0.25, 0.3) is 0 Å². The van der Waals surface area contributed by atoms with Crippen LogP contribution in [-0.2, 0) is 11.2 Å². The molecular formula is C17H23N3O. The molecule has 0 atom stereocenters. The molecule has 0 bridgehead atoms. The van der Waals surface area contributed by atoms with Crippen LogP contribution in [0.15, 0.2) is 24.3 Å². The van der Waals surface area contributed by atoms with Gasteiger partial charge < -0.3 is 10.2 Å². The normalized spacial score (nSPS) is 16.4. The third-order valence-electron chi connectivity index (χ3n) is 4.15. The molecule has 0 spiro atoms. The Bertz CT molecular complexity index is 513. The number of benzene rings is 1. The molecule has 1 aromatic rings. The highest BCUT2D eigenvalue weighted by molar-refractivity contribution is 5.93. The van der Waals surface area contributed by atoms with Crippen molar-refractivity contribution in [3.8, 4) is 6.07 Å². The maximum atomic E-state index is 12.4. The van der Waals surface area contributed by atoms with E-state index in [4.69, 9.17) is 5.26 Å². The number of anilines is 1. The van der Waals surface area contributed by atoms with Crippen LogP contribution in [-0.4, -0.2) is 30.4 Å². The molecule has 21 heavy (non-hydrogen) atoms. The molecule has 1 fully saturated rings. The quantitative estimate of drug-likeness (QED) is 0.905. The van der Waals surface area contributed by atoms with Crippen molar-refractivity contribution in [3.05, 3.63) is 29.8 Å². The van der Waals surface area contributed by atoms with Crippen LogP contribution < -0.4 is 5.32 Å². The largest absolute Gasteiger partial charge is 0.326 e. The Balaban J connectivity index is 1.86. The Morgan fingerprint density at radius 2 is 2.10 bits per heavy atom. The molecule has 1 saturated heterocycles. The maximum Gasteiger partial charge on any atom is 0.227 e. The minimum atomic E-state index is 0.0910. The molecule has 1 aromatic carbocycles. The van der Waals surface area contributed by atoms with Crippen molar-refractivity contribution >= 4 is 11.6 Å². The van der Waals surface area contributed by atoms with E-state index < -0.39 is 0 Å². The molecule has 0 saturated carbocycles. The summed E-state index contributed by atoms with van der Waals surface area (Å²) in [6.45, 7) is 4.74. The highest BCUT2D eigenvalue weighted by atomic mass is 16.1. The number of likely N-dealkylation sites (tertiary alicyclic amines) is 1. The molecular weight excluding hydrogens is 262 g/mol. The third kappa shape index (κ3) is 4.30. The summed E-state index contributed by atoms with van der Waals surface area (Å²) in [4.78, 5) is 14.6. The summed E-state index contributed by atoms with van der Waals surface area (Å²) in [5.74, 6) is 0.226. The van der Waals surface area contributed by atoms with E-state index >= 15 is 0 Å². The van der Waals surface area contributed by atoms with E-state index in [0.717, 1.165) is 44.6 Å². The molecule has 1 heterocycles. The molecule has 0 radical (unpaired) electrons. The first-order valence-electron chi connectivity index (χ1n) is 7.72. The number of carbonyl (C=O) groups excluding carboxylic acids is 1. The first-order chi connectivity index (χ1) is 10.2. The fourth-order valence-corrected chi connectivity index (χ4v) is 2.81. The smallest absolute Gasteiger partial charge is 0.227 e. The number of nitrogens with zero attached hydrogens (tertiary/aromatic N) is 2. The van der Waals surface area contributed by atoms with E-state index in [0.29, 0.717) is 6.42 Å². The number of nitriles is 1. The number of hydrogen-bond donors (Lipinski definition) is 1. The highest BCUT2D eigenvalue weighted by Crippen LogP contribution is 2.21. The van der Waals surface area contributed by atoms with Gasteiger partial charge in [0.1, 0.15) is 0 Å². The van der Waals surface area contributed by atoms with Crippen LogP contribution >= 0.6 is 0 Å². The van der Waals surface area contributed by atoms with Gasteiger partial charge in [-0.05, 0) is 44.0 Å². The average molecular weight is 285 g/mol. The van der Waals surface area contributed by atoms with Crippen molar-refractivity contribution in [1.82, 2.24) is 4.90 Å². The Morgan fingerprint density at radius 1 is 1.38 bits per heavy atom. The van der Waals surface area contributed by atoms with Gasteiger partial charge in [-0.25, -0.2) is 0 Å². The summed E-state index contributed by atoms with van der Waals surface area (Å²) in [5, 5.41) is 11.7. The van der Waals surface area contributed by atoms with E-state index in [-0.39, 0.29) is 11.8 Å². The summed E-state index contributed by atoms with van der Waals surface area (Å²) in [6.07, 6.45) is 3.25. The summed E-state index contributed by atoms with van der Waals surface area (Å²) >= 11 is 0. The van der Waals surface area contributed by atoms with Crippen LogP contribution in [0, 0.1) is 17.2 Å². The number of nitrogens with one attached hydrogen (secondary N) is 1. The predicted octanol–water partition coefficient (Wildman–Crippen LogP) is 2.81. The van der Waals surface area contributed by atoms with Gasteiger partial charge in [0.25, 0.3) is 0 Å². The number of amides is 1. The van der Waals surface area contributed by atoms with Gasteiger partial charge >= 0.3 is 0 Å². The molecule has 112 valence electrons. The SMILES string of the molecule is CCc1ccccc1NC(=O)C1CCN(CCC#N)CC1. The molecule has 4 nitrogen and oxygen atoms in total. The van der Waals surface area contributed by atoms with Crippen molar-refractivity contribution < 1.29 is 4.79 Å². The molecule has 1 aliphatic heterocycles. The van der Waals surface area contributed by atoms with Gasteiger partial charge in [-0.1, -0.05) is 25.1 Å². The first-order valence-corrected chi connectivity index (χ1v) is 7.72. The molecule has 0 aliphatic carbocycles. The summed E-state index contributed by atoms with van der Waals surface area (Å²) in [7, 11) is 0. The van der Waals surface area contributed by atoms with Crippen molar-refractivity contribution in [3.63, 3.8) is 0 Å². The summed E-state index contributed by atoms with van der Waals surface area (Å²) in [6, 6.07) is 10.2. The molecule has 1 aliphatic rings. The first kappa shape index (κ1) is 15.5. The van der Waals surface area contributed by atoms with Gasteiger partial charge in [0.2, 0.25) is 5.91 Å². The minimum Gasteiger partial charge on any atom is -0.326 e. The highest BCUT2D eigenvalue weighted by Gasteiger charge is 2.25. The van der Waals surface area contributed by atoms with Crippen LogP contribution in [0.2, 0.25) is 0 Å². The number of piperidine rings is 1. The van der Waals surface area contributed by atoms with Crippen molar-refractivity contribution in [2.75, 3.05) is 25.0 Å². The monoisotopic (exact) mass is 285 g/mol. The van der Waals surface area contributed by atoms with E-state index in [1.54, 1.807) is 0 Å². The number of hydrogen-bond acceptors (Lipinski definition) is 3. The fraction of sp³-hybridized carbons (Fsp3) is 0.529. The topological polar surface area (TPSA) is 56.1 Å². The third-order valence-corrected chi connectivity index (χ3v) is 4.15. The number of rotatable bonds is 5. The maximum absolute atomic E-state index is 12.4. The van der Waals surface area contributed by atoms with Crippen molar-refractivity contribution in [2.24, 2.45) is 5.92 Å². The second-order valence-electron chi connectivity index (χ2n) is 5.52. The standard InChI is InChI=1S/C17H23N3O/c1-2-14-6-3-4-7-16(14)19-17(21)15-8-12-20(13-9-15)11-5-10-18/h3-4,6-7,15H,2,5,8-9,11-13H2,1H3,(H,19,21). The lowest BCUT2D eigenvalue weighted by molar-refractivity contribution is -0.121. The lowest BCUT2D eigenvalue weighted by Crippen LogP contribution is -2.38. The van der Waals surface area contributed by atoms with E-state index in [9.17, 15) is 4.79 Å². The van der Waals surface area contributed by atoms with Crippen molar-refractivity contribution in [1.29, 1.82) is 5.26 Å². The zero-order valence-electron chi connectivity index (χ0n) is 12.6. The van der Waals surface area contributed by atoms with Crippen LogP contribution in [0.4, 0.5) is 5.69 Å². The summed E-state index contributed by atoms with van der Waals surface area (Å²) in [5.41, 5.74) is 2.12. The van der Waals surface area contributed by atoms with Gasteiger partial charge in [-0.3, -0.25) is 4.79 Å². The van der Waals surface area contributed by atoms with E-state index in [2.05, 4.69) is 29.3 Å². The molecule has 0 unspecified atom stereocenters. The lowest BCUT2D eigenvalue weighted by Gasteiger charge is -2.30. The Labute approximate surface area is 126 Å². The zero-order valence-corrected chi connectivity index (χ0v) is 12.6. The minimum absolute atomic E-state index is 0.0910. The molecule has 2 rings (SSSR count). The average Bonchev–Trinajstić information content (AvgIpc) is 2.54. The van der Waals surface area contributed by atoms with Crippen LogP contribution in [0.1, 0.15) is 31.7 Å². The summed E-state index contributed by atoms with van der Waals surface area (Å²) < 4.78 is 0. The zero-order chi connectivity index (χ0) is 15.1. The van der Waals surface area contributed by atoms with Gasteiger partial charge in [0, 0.05) is 24.6 Å². The second kappa shape index (κ2) is 7.80. The van der Waals surface area contributed by atoms with Crippen LogP contribution in [0.3, 0.4) is 0 Å². The molecule has 0 aromatic heterocycles. The number of aryl methyl sites for hydroxylation is 1. The Kier molecular flexibility index (Phi) is 5.77. The number of carbonyl (C=O) groups is 1. The second-order valence-corrected chi connectivity index (χ2v) is 5.52. The van der Waals surface area contributed by atoms with E-state index in [1.165, 1.54) is 5.56 Å². The fourth-order valence-electron chi connectivity index (χ4n) is 2.81. The van der Waals surface area contributed by atoms with Crippen LogP contribution in [0.5, 0.6) is 0 Å². The predicted molar refractivity (Wildman–Crippen MR) is 83.8 cm³/mol. The molecule has 4 heteroatoms. The molecule has 1 amide bonds.